The standard InChI is InChI=1S/C17H31N/c1-17(2,3)9-15(10-18)16-13-5-11-4-12(7-13)8-14(16)6-11/h11-16H,4-10,18H2,1-3H3. The molecule has 4 aliphatic carbocycles. The molecular weight excluding hydrogens is 218 g/mol. The van der Waals surface area contributed by atoms with Crippen LogP contribution in [0, 0.1) is 40.9 Å². The van der Waals surface area contributed by atoms with Gasteiger partial charge in [-0.15, -0.1) is 0 Å². The van der Waals surface area contributed by atoms with Gasteiger partial charge in [-0.1, -0.05) is 20.8 Å². The molecule has 1 unspecified atom stereocenters. The van der Waals surface area contributed by atoms with Gasteiger partial charge in [-0.3, -0.25) is 0 Å². The first kappa shape index (κ1) is 13.0. The van der Waals surface area contributed by atoms with Crippen LogP contribution in [-0.2, 0) is 0 Å². The Morgan fingerprint density at radius 1 is 0.944 bits per heavy atom. The first-order valence-electron chi connectivity index (χ1n) is 8.16. The van der Waals surface area contributed by atoms with E-state index in [-0.39, 0.29) is 0 Å². The minimum atomic E-state index is 0.443. The Kier molecular flexibility index (Phi) is 3.25. The van der Waals surface area contributed by atoms with E-state index in [1.165, 1.54) is 32.1 Å². The molecule has 0 aromatic rings. The summed E-state index contributed by atoms with van der Waals surface area (Å²) < 4.78 is 0. The topological polar surface area (TPSA) is 26.0 Å². The molecule has 0 amide bonds. The van der Waals surface area contributed by atoms with E-state index >= 15 is 0 Å². The molecule has 1 heteroatoms. The fourth-order valence-electron chi connectivity index (χ4n) is 5.90. The average molecular weight is 249 g/mol. The highest BCUT2D eigenvalue weighted by molar-refractivity contribution is 5.00. The maximum Gasteiger partial charge on any atom is -0.00458 e. The molecule has 4 bridgehead atoms. The fourth-order valence-corrected chi connectivity index (χ4v) is 5.90. The van der Waals surface area contributed by atoms with Crippen molar-refractivity contribution >= 4 is 0 Å². The van der Waals surface area contributed by atoms with E-state index in [1.54, 1.807) is 6.42 Å². The Morgan fingerprint density at radius 3 is 1.83 bits per heavy atom. The summed E-state index contributed by atoms with van der Waals surface area (Å²) >= 11 is 0. The van der Waals surface area contributed by atoms with Crippen LogP contribution >= 0.6 is 0 Å². The predicted octanol–water partition coefficient (Wildman–Crippen LogP) is 4.07. The van der Waals surface area contributed by atoms with Crippen molar-refractivity contribution in [2.24, 2.45) is 46.7 Å². The lowest BCUT2D eigenvalue weighted by atomic mass is 9.49. The van der Waals surface area contributed by atoms with Crippen LogP contribution < -0.4 is 5.73 Å². The van der Waals surface area contributed by atoms with E-state index in [0.29, 0.717) is 5.41 Å². The zero-order valence-corrected chi connectivity index (χ0v) is 12.5. The second-order valence-electron chi connectivity index (χ2n) is 8.77. The highest BCUT2D eigenvalue weighted by Gasteiger charge is 2.50. The van der Waals surface area contributed by atoms with Gasteiger partial charge in [0, 0.05) is 0 Å². The molecule has 0 radical (unpaired) electrons. The van der Waals surface area contributed by atoms with Crippen molar-refractivity contribution in [2.75, 3.05) is 6.54 Å². The van der Waals surface area contributed by atoms with Crippen molar-refractivity contribution < 1.29 is 0 Å². The van der Waals surface area contributed by atoms with Crippen LogP contribution in [0.3, 0.4) is 0 Å². The van der Waals surface area contributed by atoms with E-state index in [9.17, 15) is 0 Å². The monoisotopic (exact) mass is 249 g/mol. The van der Waals surface area contributed by atoms with E-state index in [4.69, 9.17) is 5.73 Å². The lowest BCUT2D eigenvalue weighted by molar-refractivity contribution is -0.0661. The van der Waals surface area contributed by atoms with Gasteiger partial charge in [0.15, 0.2) is 0 Å². The van der Waals surface area contributed by atoms with Crippen LogP contribution in [0.15, 0.2) is 0 Å². The van der Waals surface area contributed by atoms with Crippen LogP contribution in [0.25, 0.3) is 0 Å². The van der Waals surface area contributed by atoms with Crippen molar-refractivity contribution in [2.45, 2.75) is 59.3 Å². The van der Waals surface area contributed by atoms with Crippen molar-refractivity contribution in [3.8, 4) is 0 Å². The summed E-state index contributed by atoms with van der Waals surface area (Å²) in [6.07, 6.45) is 9.05. The molecule has 0 aliphatic heterocycles. The summed E-state index contributed by atoms with van der Waals surface area (Å²) in [5.41, 5.74) is 6.60. The molecule has 2 N–H and O–H groups in total. The van der Waals surface area contributed by atoms with Crippen LogP contribution in [0.2, 0.25) is 0 Å². The second kappa shape index (κ2) is 4.51. The van der Waals surface area contributed by atoms with Gasteiger partial charge in [-0.25, -0.2) is 0 Å². The first-order chi connectivity index (χ1) is 8.46. The molecule has 1 atom stereocenters. The molecule has 1 nitrogen and oxygen atoms in total. The van der Waals surface area contributed by atoms with Gasteiger partial charge < -0.3 is 5.73 Å². The molecule has 4 aliphatic rings. The highest BCUT2D eigenvalue weighted by Crippen LogP contribution is 2.59. The smallest absolute Gasteiger partial charge is 0.00458 e. The zero-order valence-electron chi connectivity index (χ0n) is 12.5. The Bertz CT molecular complexity index is 273. The Balaban J connectivity index is 1.74. The molecule has 0 saturated heterocycles. The molecule has 104 valence electrons. The lowest BCUT2D eigenvalue weighted by Gasteiger charge is -2.57. The van der Waals surface area contributed by atoms with Gasteiger partial charge in [0.2, 0.25) is 0 Å². The molecule has 0 aromatic carbocycles. The lowest BCUT2D eigenvalue weighted by Crippen LogP contribution is -2.49. The third-order valence-corrected chi connectivity index (χ3v) is 6.02. The maximum absolute atomic E-state index is 6.16. The number of hydrogen-bond acceptors (Lipinski definition) is 1. The van der Waals surface area contributed by atoms with E-state index in [1.807, 2.05) is 0 Å². The molecule has 4 rings (SSSR count). The first-order valence-corrected chi connectivity index (χ1v) is 8.16. The predicted molar refractivity (Wildman–Crippen MR) is 77.2 cm³/mol. The molecule has 18 heavy (non-hydrogen) atoms. The van der Waals surface area contributed by atoms with Crippen molar-refractivity contribution in [1.29, 1.82) is 0 Å². The Labute approximate surface area is 113 Å². The Hall–Kier alpha value is -0.0400. The Morgan fingerprint density at radius 2 is 1.44 bits per heavy atom. The molecular formula is C17H31N. The van der Waals surface area contributed by atoms with Crippen LogP contribution in [-0.4, -0.2) is 6.54 Å². The summed E-state index contributed by atoms with van der Waals surface area (Å²) in [5.74, 6) is 6.03. The fraction of sp³-hybridized carbons (Fsp3) is 1.00. The molecule has 0 aromatic heterocycles. The minimum absolute atomic E-state index is 0.443. The SMILES string of the molecule is CC(C)(C)CC(CN)C1C2CC3CC(C2)CC1C3. The third-order valence-electron chi connectivity index (χ3n) is 6.02. The molecule has 0 heterocycles. The largest absolute Gasteiger partial charge is 0.330 e. The van der Waals surface area contributed by atoms with Gasteiger partial charge in [0.25, 0.3) is 0 Å². The van der Waals surface area contributed by atoms with Gasteiger partial charge in [0.1, 0.15) is 0 Å². The van der Waals surface area contributed by atoms with E-state index in [2.05, 4.69) is 20.8 Å². The van der Waals surface area contributed by atoms with Crippen molar-refractivity contribution in [1.82, 2.24) is 0 Å². The van der Waals surface area contributed by atoms with Gasteiger partial charge >= 0.3 is 0 Å². The summed E-state index contributed by atoms with van der Waals surface area (Å²) in [7, 11) is 0. The summed E-state index contributed by atoms with van der Waals surface area (Å²) in [5, 5.41) is 0. The van der Waals surface area contributed by atoms with Crippen molar-refractivity contribution in [3.63, 3.8) is 0 Å². The summed E-state index contributed by atoms with van der Waals surface area (Å²) in [6, 6.07) is 0. The summed E-state index contributed by atoms with van der Waals surface area (Å²) in [4.78, 5) is 0. The normalized spacial score (nSPS) is 44.3. The number of rotatable bonds is 3. The van der Waals surface area contributed by atoms with Crippen LogP contribution in [0.4, 0.5) is 0 Å². The van der Waals surface area contributed by atoms with Crippen LogP contribution in [0.5, 0.6) is 0 Å². The van der Waals surface area contributed by atoms with Gasteiger partial charge in [0.05, 0.1) is 0 Å². The molecule has 4 saturated carbocycles. The van der Waals surface area contributed by atoms with Crippen molar-refractivity contribution in [3.05, 3.63) is 0 Å². The molecule has 4 fully saturated rings. The highest BCUT2D eigenvalue weighted by atomic mass is 14.6. The number of hydrogen-bond donors (Lipinski definition) is 1. The summed E-state index contributed by atoms with van der Waals surface area (Å²) in [6.45, 7) is 8.06. The molecule has 0 spiro atoms. The number of nitrogens with two attached hydrogens (primary N) is 1. The minimum Gasteiger partial charge on any atom is -0.330 e. The maximum atomic E-state index is 6.16. The quantitative estimate of drug-likeness (QED) is 0.801. The van der Waals surface area contributed by atoms with Gasteiger partial charge in [-0.2, -0.15) is 0 Å². The van der Waals surface area contributed by atoms with Gasteiger partial charge in [-0.05, 0) is 86.0 Å². The zero-order chi connectivity index (χ0) is 12.9. The average Bonchev–Trinajstić information content (AvgIpc) is 2.24. The second-order valence-corrected chi connectivity index (χ2v) is 8.77. The van der Waals surface area contributed by atoms with E-state index < -0.39 is 0 Å². The van der Waals surface area contributed by atoms with Crippen LogP contribution in [0.1, 0.15) is 59.3 Å². The van der Waals surface area contributed by atoms with E-state index in [0.717, 1.165) is 42.1 Å². The third kappa shape index (κ3) is 2.35.